The predicted molar refractivity (Wildman–Crippen MR) is 79.7 cm³/mol. The molecule has 0 spiro atoms. The van der Waals surface area contributed by atoms with Gasteiger partial charge in [-0.2, -0.15) is 11.8 Å². The molecule has 6 heteroatoms. The van der Waals surface area contributed by atoms with E-state index in [1.807, 2.05) is 20.1 Å². The zero-order valence-corrected chi connectivity index (χ0v) is 13.1. The molecule has 0 aromatic rings. The Bertz CT molecular complexity index is 287. The fourth-order valence-electron chi connectivity index (χ4n) is 1.78. The summed E-state index contributed by atoms with van der Waals surface area (Å²) in [6.07, 6.45) is 5.04. The van der Waals surface area contributed by atoms with Gasteiger partial charge in [0.15, 0.2) is 0 Å². The molecule has 0 aromatic heterocycles. The lowest BCUT2D eigenvalue weighted by Gasteiger charge is -2.28. The maximum atomic E-state index is 12.0. The van der Waals surface area contributed by atoms with Crippen LogP contribution in [0.3, 0.4) is 0 Å². The first kappa shape index (κ1) is 18.1. The SMILES string of the molecule is CCCCC(NC(=O)N(C)C(CC)CSC)C(=O)O. The lowest BCUT2D eigenvalue weighted by atomic mass is 10.1. The summed E-state index contributed by atoms with van der Waals surface area (Å²) in [6.45, 7) is 4.02. The normalized spacial score (nSPS) is 13.7. The van der Waals surface area contributed by atoms with Gasteiger partial charge in [-0.25, -0.2) is 9.59 Å². The maximum absolute atomic E-state index is 12.0. The van der Waals surface area contributed by atoms with Crippen molar-refractivity contribution in [1.29, 1.82) is 0 Å². The number of rotatable bonds is 9. The van der Waals surface area contributed by atoms with Crippen LogP contribution in [-0.2, 0) is 4.79 Å². The molecule has 0 fully saturated rings. The Balaban J connectivity index is 4.48. The number of nitrogens with one attached hydrogen (secondary N) is 1. The first-order valence-electron chi connectivity index (χ1n) is 6.72. The van der Waals surface area contributed by atoms with Crippen molar-refractivity contribution in [2.45, 2.75) is 51.6 Å². The van der Waals surface area contributed by atoms with Gasteiger partial charge >= 0.3 is 12.0 Å². The van der Waals surface area contributed by atoms with Gasteiger partial charge in [-0.1, -0.05) is 26.7 Å². The predicted octanol–water partition coefficient (Wildman–Crippen LogP) is 2.41. The molecule has 0 radical (unpaired) electrons. The Kier molecular flexibility index (Phi) is 9.47. The third kappa shape index (κ3) is 6.71. The van der Waals surface area contributed by atoms with Crippen molar-refractivity contribution in [1.82, 2.24) is 10.2 Å². The second-order valence-corrected chi connectivity index (χ2v) is 5.52. The van der Waals surface area contributed by atoms with Crippen LogP contribution >= 0.6 is 11.8 Å². The van der Waals surface area contributed by atoms with E-state index in [2.05, 4.69) is 5.32 Å². The topological polar surface area (TPSA) is 69.6 Å². The molecule has 5 nitrogen and oxygen atoms in total. The molecule has 0 saturated carbocycles. The highest BCUT2D eigenvalue weighted by molar-refractivity contribution is 7.98. The molecule has 19 heavy (non-hydrogen) atoms. The van der Waals surface area contributed by atoms with Crippen LogP contribution in [0.4, 0.5) is 4.79 Å². The molecule has 2 atom stereocenters. The molecule has 2 amide bonds. The summed E-state index contributed by atoms with van der Waals surface area (Å²) in [4.78, 5) is 24.7. The van der Waals surface area contributed by atoms with Crippen molar-refractivity contribution in [3.05, 3.63) is 0 Å². The van der Waals surface area contributed by atoms with E-state index in [-0.39, 0.29) is 12.1 Å². The second kappa shape index (κ2) is 9.95. The molecule has 0 bridgehead atoms. The molecule has 0 aliphatic rings. The van der Waals surface area contributed by atoms with Crippen LogP contribution in [0.2, 0.25) is 0 Å². The molecule has 2 N–H and O–H groups in total. The molecular weight excluding hydrogens is 264 g/mol. The van der Waals surface area contributed by atoms with E-state index in [0.29, 0.717) is 6.42 Å². The average Bonchev–Trinajstić information content (AvgIpc) is 2.39. The van der Waals surface area contributed by atoms with Gasteiger partial charge in [0.2, 0.25) is 0 Å². The maximum Gasteiger partial charge on any atom is 0.326 e. The molecule has 0 aliphatic carbocycles. The van der Waals surface area contributed by atoms with Crippen molar-refractivity contribution in [3.63, 3.8) is 0 Å². The molecule has 2 unspecified atom stereocenters. The lowest BCUT2D eigenvalue weighted by molar-refractivity contribution is -0.139. The highest BCUT2D eigenvalue weighted by atomic mass is 32.2. The lowest BCUT2D eigenvalue weighted by Crippen LogP contribution is -2.50. The van der Waals surface area contributed by atoms with E-state index in [1.165, 1.54) is 0 Å². The number of carboxylic acids is 1. The van der Waals surface area contributed by atoms with E-state index in [4.69, 9.17) is 5.11 Å². The van der Waals surface area contributed by atoms with Crippen LogP contribution in [0.1, 0.15) is 39.5 Å². The largest absolute Gasteiger partial charge is 0.480 e. The summed E-state index contributed by atoms with van der Waals surface area (Å²) >= 11 is 1.68. The molecule has 0 rings (SSSR count). The van der Waals surface area contributed by atoms with Crippen molar-refractivity contribution in [3.8, 4) is 0 Å². The molecule has 0 heterocycles. The van der Waals surface area contributed by atoms with Gasteiger partial charge in [-0.15, -0.1) is 0 Å². The number of carbonyl (C=O) groups is 2. The van der Waals surface area contributed by atoms with E-state index >= 15 is 0 Å². The quantitative estimate of drug-likeness (QED) is 0.684. The number of nitrogens with zero attached hydrogens (tertiary/aromatic N) is 1. The van der Waals surface area contributed by atoms with E-state index in [0.717, 1.165) is 25.0 Å². The van der Waals surface area contributed by atoms with Crippen LogP contribution in [0.5, 0.6) is 0 Å². The summed E-state index contributed by atoms with van der Waals surface area (Å²) in [7, 11) is 1.72. The Morgan fingerprint density at radius 3 is 2.42 bits per heavy atom. The number of urea groups is 1. The van der Waals surface area contributed by atoms with Crippen LogP contribution in [0.15, 0.2) is 0 Å². The van der Waals surface area contributed by atoms with Crippen LogP contribution < -0.4 is 5.32 Å². The van der Waals surface area contributed by atoms with Gasteiger partial charge in [0.05, 0.1) is 0 Å². The summed E-state index contributed by atoms with van der Waals surface area (Å²) in [5, 5.41) is 11.7. The van der Waals surface area contributed by atoms with E-state index in [9.17, 15) is 9.59 Å². The number of aliphatic carboxylic acids is 1. The Labute approximate surface area is 120 Å². The minimum absolute atomic E-state index is 0.135. The highest BCUT2D eigenvalue weighted by Crippen LogP contribution is 2.09. The zero-order valence-electron chi connectivity index (χ0n) is 12.3. The fourth-order valence-corrected chi connectivity index (χ4v) is 2.62. The van der Waals surface area contributed by atoms with Gasteiger partial charge in [0.25, 0.3) is 0 Å². The third-order valence-electron chi connectivity index (χ3n) is 3.14. The second-order valence-electron chi connectivity index (χ2n) is 4.61. The van der Waals surface area contributed by atoms with Gasteiger partial charge in [0.1, 0.15) is 6.04 Å². The first-order valence-corrected chi connectivity index (χ1v) is 8.12. The first-order chi connectivity index (χ1) is 8.97. The average molecular weight is 290 g/mol. The molecule has 0 saturated heterocycles. The Hall–Kier alpha value is -0.910. The van der Waals surface area contributed by atoms with Crippen molar-refractivity contribution < 1.29 is 14.7 Å². The van der Waals surface area contributed by atoms with Crippen molar-refractivity contribution in [2.75, 3.05) is 19.1 Å². The zero-order chi connectivity index (χ0) is 14.8. The number of carboxylic acid groups (broad SMARTS) is 1. The van der Waals surface area contributed by atoms with Gasteiger partial charge in [-0.3, -0.25) is 0 Å². The number of unbranched alkanes of at least 4 members (excludes halogenated alkanes) is 1. The molecular formula is C13H26N2O3S. The fraction of sp³-hybridized carbons (Fsp3) is 0.846. The molecule has 0 aliphatic heterocycles. The van der Waals surface area contributed by atoms with Crippen LogP contribution in [0, 0.1) is 0 Å². The molecule has 112 valence electrons. The Morgan fingerprint density at radius 1 is 1.37 bits per heavy atom. The number of carbonyl (C=O) groups excluding carboxylic acids is 1. The van der Waals surface area contributed by atoms with Crippen molar-refractivity contribution >= 4 is 23.8 Å². The van der Waals surface area contributed by atoms with E-state index < -0.39 is 12.0 Å². The minimum atomic E-state index is -0.965. The number of thioether (sulfide) groups is 1. The summed E-state index contributed by atoms with van der Waals surface area (Å²) in [5.74, 6) is -0.110. The van der Waals surface area contributed by atoms with Gasteiger partial charge in [0, 0.05) is 18.8 Å². The van der Waals surface area contributed by atoms with Crippen LogP contribution in [-0.4, -0.2) is 53.1 Å². The summed E-state index contributed by atoms with van der Waals surface area (Å²) in [6, 6.07) is -0.957. The number of amides is 2. The minimum Gasteiger partial charge on any atom is -0.480 e. The summed E-state index contributed by atoms with van der Waals surface area (Å²) in [5.41, 5.74) is 0. The van der Waals surface area contributed by atoms with Crippen molar-refractivity contribution in [2.24, 2.45) is 0 Å². The van der Waals surface area contributed by atoms with E-state index in [1.54, 1.807) is 23.7 Å². The van der Waals surface area contributed by atoms with Crippen LogP contribution in [0.25, 0.3) is 0 Å². The smallest absolute Gasteiger partial charge is 0.326 e. The van der Waals surface area contributed by atoms with Gasteiger partial charge < -0.3 is 15.3 Å². The number of hydrogen-bond acceptors (Lipinski definition) is 3. The number of hydrogen-bond donors (Lipinski definition) is 2. The Morgan fingerprint density at radius 2 is 2.00 bits per heavy atom. The van der Waals surface area contributed by atoms with Gasteiger partial charge in [-0.05, 0) is 19.1 Å². The highest BCUT2D eigenvalue weighted by Gasteiger charge is 2.24. The summed E-state index contributed by atoms with van der Waals surface area (Å²) < 4.78 is 0. The standard InChI is InChI=1S/C13H26N2O3S/c1-5-7-8-11(12(16)17)14-13(18)15(3)10(6-2)9-19-4/h10-11H,5-9H2,1-4H3,(H,14,18)(H,16,17). The molecule has 0 aromatic carbocycles. The monoisotopic (exact) mass is 290 g/mol. The third-order valence-corrected chi connectivity index (χ3v) is 3.86.